The van der Waals surface area contributed by atoms with E-state index >= 15 is 0 Å². The Labute approximate surface area is 170 Å². The summed E-state index contributed by atoms with van der Waals surface area (Å²) in [7, 11) is 0. The Bertz CT molecular complexity index is 1030. The second-order valence-corrected chi connectivity index (χ2v) is 7.59. The molecule has 0 radical (unpaired) electrons. The molecule has 3 rings (SSSR count). The molecular weight excluding hydrogens is 368 g/mol. The first kappa shape index (κ1) is 20.9. The number of ether oxygens (including phenoxy) is 2. The van der Waals surface area contributed by atoms with Crippen LogP contribution < -0.4 is 15.1 Å². The van der Waals surface area contributed by atoms with Crippen molar-refractivity contribution in [2.24, 2.45) is 5.92 Å². The Balaban J connectivity index is 2.19. The predicted octanol–water partition coefficient (Wildman–Crippen LogP) is 4.82. The van der Waals surface area contributed by atoms with Gasteiger partial charge in [-0.05, 0) is 43.5 Å². The third-order valence-electron chi connectivity index (χ3n) is 4.50. The van der Waals surface area contributed by atoms with Crippen LogP contribution in [0, 0.1) is 5.92 Å². The Hall–Kier alpha value is -2.79. The average molecular weight is 396 g/mol. The Kier molecular flexibility index (Phi) is 6.60. The molecule has 0 bridgehead atoms. The molecule has 3 aromatic rings. The van der Waals surface area contributed by atoms with Gasteiger partial charge in [-0.3, -0.25) is 0 Å². The molecule has 0 fully saturated rings. The lowest BCUT2D eigenvalue weighted by Gasteiger charge is -2.17. The van der Waals surface area contributed by atoms with Gasteiger partial charge in [-0.1, -0.05) is 38.1 Å². The topological polar surface area (TPSA) is 68.9 Å². The molecule has 1 heterocycles. The van der Waals surface area contributed by atoms with Crippen molar-refractivity contribution in [3.8, 4) is 22.6 Å². The standard InChI is InChI=1S/C24H28O5/c1-5-27-21-13-17(10-11-20(21)28-14-15(2)3)23-18-8-6-7-9-19(18)24(26)29-22(23)12-16(4)25/h6-11,13,15-16,25H,5,12,14H2,1-4H3. The summed E-state index contributed by atoms with van der Waals surface area (Å²) < 4.78 is 17.3. The van der Waals surface area contributed by atoms with Crippen LogP contribution in [0.3, 0.4) is 0 Å². The monoisotopic (exact) mass is 396 g/mol. The second kappa shape index (κ2) is 9.14. The number of rotatable bonds is 8. The molecule has 1 atom stereocenters. The molecule has 0 saturated carbocycles. The molecule has 0 aliphatic carbocycles. The number of hydrogen-bond acceptors (Lipinski definition) is 5. The van der Waals surface area contributed by atoms with Gasteiger partial charge in [-0.15, -0.1) is 0 Å². The summed E-state index contributed by atoms with van der Waals surface area (Å²) in [5.74, 6) is 2.18. The number of benzene rings is 2. The molecule has 0 aliphatic rings. The fraction of sp³-hybridized carbons (Fsp3) is 0.375. The third kappa shape index (κ3) is 4.80. The molecule has 1 aromatic heterocycles. The van der Waals surface area contributed by atoms with Crippen molar-refractivity contribution < 1.29 is 19.0 Å². The van der Waals surface area contributed by atoms with E-state index in [1.165, 1.54) is 0 Å². The first-order valence-electron chi connectivity index (χ1n) is 10.0. The molecule has 2 aromatic carbocycles. The van der Waals surface area contributed by atoms with Crippen LogP contribution >= 0.6 is 0 Å². The molecule has 29 heavy (non-hydrogen) atoms. The van der Waals surface area contributed by atoms with Gasteiger partial charge in [-0.2, -0.15) is 0 Å². The van der Waals surface area contributed by atoms with E-state index in [0.717, 1.165) is 16.5 Å². The van der Waals surface area contributed by atoms with Gasteiger partial charge >= 0.3 is 5.63 Å². The summed E-state index contributed by atoms with van der Waals surface area (Å²) in [4.78, 5) is 12.4. The molecule has 0 aliphatic heterocycles. The maximum Gasteiger partial charge on any atom is 0.343 e. The van der Waals surface area contributed by atoms with Gasteiger partial charge < -0.3 is 19.0 Å². The summed E-state index contributed by atoms with van der Waals surface area (Å²) in [6.45, 7) is 8.88. The second-order valence-electron chi connectivity index (χ2n) is 7.59. The SMILES string of the molecule is CCOc1cc(-c2c(CC(C)O)oc(=O)c3ccccc23)ccc1OCC(C)C. The minimum absolute atomic E-state index is 0.241. The molecule has 1 unspecified atom stereocenters. The van der Waals surface area contributed by atoms with E-state index in [1.54, 1.807) is 13.0 Å². The number of aliphatic hydroxyl groups is 1. The summed E-state index contributed by atoms with van der Waals surface area (Å²) in [6, 6.07) is 13.1. The van der Waals surface area contributed by atoms with E-state index in [1.807, 2.05) is 43.3 Å². The predicted molar refractivity (Wildman–Crippen MR) is 115 cm³/mol. The highest BCUT2D eigenvalue weighted by Gasteiger charge is 2.19. The molecular formula is C24H28O5. The highest BCUT2D eigenvalue weighted by atomic mass is 16.5. The Morgan fingerprint density at radius 2 is 1.72 bits per heavy atom. The molecule has 5 nitrogen and oxygen atoms in total. The van der Waals surface area contributed by atoms with Crippen LogP contribution in [0.2, 0.25) is 0 Å². The van der Waals surface area contributed by atoms with Crippen molar-refractivity contribution in [2.45, 2.75) is 40.2 Å². The quantitative estimate of drug-likeness (QED) is 0.591. The van der Waals surface area contributed by atoms with Crippen molar-refractivity contribution in [2.75, 3.05) is 13.2 Å². The van der Waals surface area contributed by atoms with Gasteiger partial charge in [0.1, 0.15) is 5.76 Å². The highest BCUT2D eigenvalue weighted by Crippen LogP contribution is 2.37. The third-order valence-corrected chi connectivity index (χ3v) is 4.50. The van der Waals surface area contributed by atoms with Gasteiger partial charge in [-0.25, -0.2) is 4.79 Å². The van der Waals surface area contributed by atoms with Crippen LogP contribution in [-0.4, -0.2) is 24.4 Å². The van der Waals surface area contributed by atoms with Crippen molar-refractivity contribution in [1.29, 1.82) is 0 Å². The maximum atomic E-state index is 12.4. The molecule has 5 heteroatoms. The number of fused-ring (bicyclic) bond motifs is 1. The van der Waals surface area contributed by atoms with Crippen molar-refractivity contribution in [1.82, 2.24) is 0 Å². The largest absolute Gasteiger partial charge is 0.490 e. The van der Waals surface area contributed by atoms with Gasteiger partial charge in [0.05, 0.1) is 24.7 Å². The molecule has 1 N–H and O–H groups in total. The van der Waals surface area contributed by atoms with Gasteiger partial charge in [0, 0.05) is 17.4 Å². The lowest BCUT2D eigenvalue weighted by Crippen LogP contribution is -2.11. The first-order valence-corrected chi connectivity index (χ1v) is 10.0. The number of hydrogen-bond donors (Lipinski definition) is 1. The van der Waals surface area contributed by atoms with Gasteiger partial charge in [0.2, 0.25) is 0 Å². The fourth-order valence-electron chi connectivity index (χ4n) is 3.28. The van der Waals surface area contributed by atoms with Crippen molar-refractivity contribution >= 4 is 10.8 Å². The lowest BCUT2D eigenvalue weighted by atomic mass is 9.96. The van der Waals surface area contributed by atoms with E-state index < -0.39 is 11.7 Å². The minimum Gasteiger partial charge on any atom is -0.490 e. The fourth-order valence-corrected chi connectivity index (χ4v) is 3.28. The number of aliphatic hydroxyl groups excluding tert-OH is 1. The molecule has 0 spiro atoms. The van der Waals surface area contributed by atoms with Crippen LogP contribution in [0.5, 0.6) is 11.5 Å². The summed E-state index contributed by atoms with van der Waals surface area (Å²) in [5.41, 5.74) is 1.24. The maximum absolute atomic E-state index is 12.4. The van der Waals surface area contributed by atoms with Crippen LogP contribution in [0.15, 0.2) is 51.7 Å². The van der Waals surface area contributed by atoms with Crippen LogP contribution in [0.4, 0.5) is 0 Å². The minimum atomic E-state index is -0.641. The van der Waals surface area contributed by atoms with E-state index in [4.69, 9.17) is 13.9 Å². The zero-order valence-corrected chi connectivity index (χ0v) is 17.4. The van der Waals surface area contributed by atoms with E-state index in [9.17, 15) is 9.90 Å². The van der Waals surface area contributed by atoms with Crippen LogP contribution in [0.1, 0.15) is 33.5 Å². The summed E-state index contributed by atoms with van der Waals surface area (Å²) in [5, 5.41) is 11.2. The first-order chi connectivity index (χ1) is 13.9. The van der Waals surface area contributed by atoms with Gasteiger partial charge in [0.25, 0.3) is 0 Å². The Morgan fingerprint density at radius 1 is 1.00 bits per heavy atom. The zero-order valence-electron chi connectivity index (χ0n) is 17.4. The van der Waals surface area contributed by atoms with E-state index in [-0.39, 0.29) is 6.42 Å². The van der Waals surface area contributed by atoms with Crippen molar-refractivity contribution in [3.63, 3.8) is 0 Å². The van der Waals surface area contributed by atoms with Gasteiger partial charge in [0.15, 0.2) is 11.5 Å². The lowest BCUT2D eigenvalue weighted by molar-refractivity contribution is 0.186. The Morgan fingerprint density at radius 3 is 2.38 bits per heavy atom. The summed E-state index contributed by atoms with van der Waals surface area (Å²) in [6.07, 6.45) is -0.400. The molecule has 0 saturated heterocycles. The normalized spacial score (nSPS) is 12.3. The molecule has 154 valence electrons. The summed E-state index contributed by atoms with van der Waals surface area (Å²) >= 11 is 0. The van der Waals surface area contributed by atoms with E-state index in [2.05, 4.69) is 13.8 Å². The van der Waals surface area contributed by atoms with E-state index in [0.29, 0.717) is 41.8 Å². The van der Waals surface area contributed by atoms with Crippen LogP contribution in [-0.2, 0) is 6.42 Å². The smallest absolute Gasteiger partial charge is 0.343 e. The van der Waals surface area contributed by atoms with Crippen molar-refractivity contribution in [3.05, 3.63) is 58.6 Å². The highest BCUT2D eigenvalue weighted by molar-refractivity contribution is 5.97. The molecule has 0 amide bonds. The average Bonchev–Trinajstić information content (AvgIpc) is 2.67. The zero-order chi connectivity index (χ0) is 21.0. The van der Waals surface area contributed by atoms with Crippen LogP contribution in [0.25, 0.3) is 21.9 Å².